The van der Waals surface area contributed by atoms with E-state index in [0.29, 0.717) is 5.75 Å². The zero-order valence-corrected chi connectivity index (χ0v) is 20.9. The normalized spacial score (nSPS) is 24.0. The number of hydrogen-bond acceptors (Lipinski definition) is 7. The van der Waals surface area contributed by atoms with Crippen molar-refractivity contribution in [3.8, 4) is 0 Å². The number of pyridine rings is 1. The predicted molar refractivity (Wildman–Crippen MR) is 127 cm³/mol. The van der Waals surface area contributed by atoms with Crippen molar-refractivity contribution >= 4 is 42.7 Å². The number of aromatic nitrogens is 1. The summed E-state index contributed by atoms with van der Waals surface area (Å²) in [4.78, 5) is 16.2. The third-order valence-corrected chi connectivity index (χ3v) is 7.55. The van der Waals surface area contributed by atoms with Crippen molar-refractivity contribution in [2.24, 2.45) is 0 Å². The van der Waals surface area contributed by atoms with Crippen LogP contribution in [0, 0.1) is 0 Å². The van der Waals surface area contributed by atoms with Gasteiger partial charge in [0.1, 0.15) is 0 Å². The fraction of sp³-hybridized carbons (Fsp3) is 0.636. The smallest absolute Gasteiger partial charge is 0.400 e. The second-order valence-electron chi connectivity index (χ2n) is 10.2. The highest BCUT2D eigenvalue weighted by Crippen LogP contribution is 2.39. The minimum Gasteiger partial charge on any atom is -0.400 e. The van der Waals surface area contributed by atoms with E-state index in [1.165, 1.54) is 11.8 Å². The summed E-state index contributed by atoms with van der Waals surface area (Å²) in [5, 5.41) is 0.0477. The molecule has 2 saturated heterocycles. The quantitative estimate of drug-likeness (QED) is 0.641. The Balaban J connectivity index is 1.82. The molecule has 0 aliphatic carbocycles. The average Bonchev–Trinajstić information content (AvgIpc) is 2.98. The van der Waals surface area contributed by atoms with Crippen LogP contribution in [0.15, 0.2) is 23.8 Å². The van der Waals surface area contributed by atoms with Crippen molar-refractivity contribution in [3.05, 3.63) is 29.5 Å². The van der Waals surface area contributed by atoms with E-state index in [0.717, 1.165) is 16.6 Å². The van der Waals surface area contributed by atoms with Crippen LogP contribution in [0.25, 0.3) is 6.08 Å². The third-order valence-electron chi connectivity index (χ3n) is 6.67. The van der Waals surface area contributed by atoms with Gasteiger partial charge in [-0.3, -0.25) is 9.78 Å². The van der Waals surface area contributed by atoms with E-state index in [1.54, 1.807) is 13.1 Å². The molecule has 2 aliphatic heterocycles. The lowest BCUT2D eigenvalue weighted by Gasteiger charge is -2.32. The standard InChI is InChI=1S/C22H33B2NO5S/c1-15(26)31-14-17(24-29-21(6,7)22(8,9)30-24)12-18-11-10-16(13-25-18)23-27-19(2,3)20(4,5)28-23/h10-13H,14H2,1-9H3. The minimum absolute atomic E-state index is 0.0477. The first-order chi connectivity index (χ1) is 14.1. The van der Waals surface area contributed by atoms with E-state index in [-0.39, 0.29) is 5.12 Å². The molecule has 0 radical (unpaired) electrons. The molecule has 0 amide bonds. The average molecular weight is 445 g/mol. The molecule has 1 aromatic rings. The maximum atomic E-state index is 11.6. The molecule has 0 atom stereocenters. The molecule has 6 nitrogen and oxygen atoms in total. The lowest BCUT2D eigenvalue weighted by molar-refractivity contribution is -0.109. The van der Waals surface area contributed by atoms with Crippen LogP contribution in [0.5, 0.6) is 0 Å². The second kappa shape index (κ2) is 8.34. The molecular formula is C22H33B2NO5S. The first-order valence-electron chi connectivity index (χ1n) is 10.6. The van der Waals surface area contributed by atoms with Gasteiger partial charge in [-0.05, 0) is 73.0 Å². The van der Waals surface area contributed by atoms with Crippen LogP contribution in [0.2, 0.25) is 0 Å². The predicted octanol–water partition coefficient (Wildman–Crippen LogP) is 3.68. The van der Waals surface area contributed by atoms with Crippen LogP contribution >= 0.6 is 11.8 Å². The topological polar surface area (TPSA) is 66.9 Å². The van der Waals surface area contributed by atoms with Crippen LogP contribution < -0.4 is 5.46 Å². The summed E-state index contributed by atoms with van der Waals surface area (Å²) in [6.07, 6.45) is 3.71. The zero-order chi connectivity index (χ0) is 23.2. The summed E-state index contributed by atoms with van der Waals surface area (Å²) in [6.45, 7) is 17.7. The van der Waals surface area contributed by atoms with Crippen molar-refractivity contribution in [1.29, 1.82) is 0 Å². The van der Waals surface area contributed by atoms with Gasteiger partial charge in [-0.15, -0.1) is 0 Å². The molecule has 1 aromatic heterocycles. The molecule has 0 unspecified atom stereocenters. The van der Waals surface area contributed by atoms with Gasteiger partial charge in [0, 0.05) is 24.3 Å². The number of nitrogens with zero attached hydrogens (tertiary/aromatic N) is 1. The Kier molecular flexibility index (Phi) is 6.60. The summed E-state index contributed by atoms with van der Waals surface area (Å²) >= 11 is 1.23. The number of hydrogen-bond donors (Lipinski definition) is 0. The highest BCUT2D eigenvalue weighted by molar-refractivity contribution is 8.13. The zero-order valence-electron chi connectivity index (χ0n) is 20.1. The minimum atomic E-state index is -0.526. The molecule has 31 heavy (non-hydrogen) atoms. The first-order valence-corrected chi connectivity index (χ1v) is 11.6. The molecule has 2 aliphatic rings. The Hall–Kier alpha value is -1.12. The molecule has 3 heterocycles. The molecular weight excluding hydrogens is 412 g/mol. The van der Waals surface area contributed by atoms with Crippen molar-refractivity contribution in [2.75, 3.05) is 5.75 Å². The molecule has 0 saturated carbocycles. The van der Waals surface area contributed by atoms with Gasteiger partial charge in [-0.25, -0.2) is 0 Å². The third kappa shape index (κ3) is 5.11. The van der Waals surface area contributed by atoms with Gasteiger partial charge in [0.2, 0.25) is 0 Å². The largest absolute Gasteiger partial charge is 0.496 e. The van der Waals surface area contributed by atoms with Crippen LogP contribution in [0.4, 0.5) is 0 Å². The van der Waals surface area contributed by atoms with Gasteiger partial charge in [-0.1, -0.05) is 17.8 Å². The fourth-order valence-corrected chi connectivity index (χ4v) is 3.76. The Labute approximate surface area is 191 Å². The van der Waals surface area contributed by atoms with E-state index < -0.39 is 36.6 Å². The highest BCUT2D eigenvalue weighted by atomic mass is 32.2. The molecule has 0 aromatic carbocycles. The fourth-order valence-electron chi connectivity index (χ4n) is 3.17. The van der Waals surface area contributed by atoms with Crippen molar-refractivity contribution < 1.29 is 23.4 Å². The maximum Gasteiger partial charge on any atom is 0.496 e. The van der Waals surface area contributed by atoms with Crippen LogP contribution in [-0.4, -0.2) is 52.5 Å². The Bertz CT molecular complexity index is 835. The van der Waals surface area contributed by atoms with Gasteiger partial charge < -0.3 is 18.6 Å². The molecule has 0 spiro atoms. The lowest BCUT2D eigenvalue weighted by Crippen LogP contribution is -2.41. The summed E-state index contributed by atoms with van der Waals surface area (Å²) < 4.78 is 24.6. The Morgan fingerprint density at radius 1 is 0.935 bits per heavy atom. The van der Waals surface area contributed by atoms with Crippen LogP contribution in [-0.2, 0) is 23.4 Å². The summed E-state index contributed by atoms with van der Waals surface area (Å²) in [5.74, 6) is 0.479. The van der Waals surface area contributed by atoms with E-state index in [1.807, 2.05) is 73.6 Å². The summed E-state index contributed by atoms with van der Waals surface area (Å²) in [7, 11) is -0.979. The van der Waals surface area contributed by atoms with E-state index in [4.69, 9.17) is 18.6 Å². The Morgan fingerprint density at radius 2 is 1.45 bits per heavy atom. The lowest BCUT2D eigenvalue weighted by atomic mass is 9.78. The van der Waals surface area contributed by atoms with Crippen molar-refractivity contribution in [2.45, 2.75) is 84.7 Å². The molecule has 0 N–H and O–H groups in total. The second-order valence-corrected chi connectivity index (χ2v) is 11.3. The highest BCUT2D eigenvalue weighted by Gasteiger charge is 2.53. The van der Waals surface area contributed by atoms with Gasteiger partial charge in [0.15, 0.2) is 5.12 Å². The molecule has 9 heteroatoms. The van der Waals surface area contributed by atoms with E-state index in [9.17, 15) is 4.79 Å². The van der Waals surface area contributed by atoms with Crippen LogP contribution in [0.3, 0.4) is 0 Å². The van der Waals surface area contributed by atoms with Gasteiger partial charge >= 0.3 is 14.2 Å². The maximum absolute atomic E-state index is 11.6. The molecule has 168 valence electrons. The Morgan fingerprint density at radius 3 is 1.90 bits per heavy atom. The van der Waals surface area contributed by atoms with E-state index in [2.05, 4.69) is 4.98 Å². The number of carbonyl (C=O) groups excluding carboxylic acids is 1. The van der Waals surface area contributed by atoms with Gasteiger partial charge in [0.25, 0.3) is 0 Å². The number of thioether (sulfide) groups is 1. The summed E-state index contributed by atoms with van der Waals surface area (Å²) in [6, 6.07) is 3.88. The van der Waals surface area contributed by atoms with Gasteiger partial charge in [0.05, 0.1) is 28.1 Å². The first kappa shape index (κ1) is 24.5. The van der Waals surface area contributed by atoms with Gasteiger partial charge in [-0.2, -0.15) is 0 Å². The van der Waals surface area contributed by atoms with Crippen molar-refractivity contribution in [1.82, 2.24) is 4.98 Å². The van der Waals surface area contributed by atoms with Crippen molar-refractivity contribution in [3.63, 3.8) is 0 Å². The SMILES string of the molecule is CC(=O)SCC(=Cc1ccc(B2OC(C)(C)C(C)(C)O2)cn1)B1OC(C)(C)C(C)(C)O1. The molecule has 3 rings (SSSR count). The van der Waals surface area contributed by atoms with Crippen LogP contribution in [0.1, 0.15) is 68.0 Å². The van der Waals surface area contributed by atoms with E-state index >= 15 is 0 Å². The summed E-state index contributed by atoms with van der Waals surface area (Å²) in [5.41, 5.74) is 0.792. The number of rotatable bonds is 5. The molecule has 2 fully saturated rings. The monoisotopic (exact) mass is 445 g/mol. The molecule has 0 bridgehead atoms. The number of carbonyl (C=O) groups is 1.